The number of nitrogens with zero attached hydrogens (tertiary/aromatic N) is 1. The Kier molecular flexibility index (Phi) is 6.13. The van der Waals surface area contributed by atoms with Crippen LogP contribution in [-0.2, 0) is 4.79 Å². The van der Waals surface area contributed by atoms with Crippen molar-refractivity contribution in [3.8, 4) is 11.5 Å². The van der Waals surface area contributed by atoms with E-state index in [0.717, 1.165) is 12.2 Å². The van der Waals surface area contributed by atoms with Gasteiger partial charge in [-0.25, -0.2) is 0 Å². The highest BCUT2D eigenvalue weighted by Crippen LogP contribution is 2.18. The van der Waals surface area contributed by atoms with Gasteiger partial charge < -0.3 is 14.8 Å². The predicted molar refractivity (Wildman–Crippen MR) is 89.4 cm³/mol. The molecule has 0 aliphatic rings. The first-order valence-corrected chi connectivity index (χ1v) is 7.48. The monoisotopic (exact) mass is 330 g/mol. The number of nitrogens with one attached hydrogen (secondary N) is 1. The van der Waals surface area contributed by atoms with Gasteiger partial charge in [0.25, 0.3) is 11.6 Å². The van der Waals surface area contributed by atoms with E-state index in [1.54, 1.807) is 24.3 Å². The molecule has 0 heterocycles. The molecular formula is C17H18N2O5. The molecule has 7 heteroatoms. The standard InChI is InChI=1S/C17H18N2O5/c1-2-11-23-15-7-9-16(10-8-15)24-12-17(20)18-13-3-5-14(6-4-13)19(21)22/h3-10H,2,11-12H2,1H3,(H,18,20). The SMILES string of the molecule is CCCOc1ccc(OCC(=O)Nc2ccc([N+](=O)[O-])cc2)cc1. The summed E-state index contributed by atoms with van der Waals surface area (Å²) in [5.41, 5.74) is 0.437. The van der Waals surface area contributed by atoms with E-state index in [-0.39, 0.29) is 18.2 Å². The Balaban J connectivity index is 1.81. The highest BCUT2D eigenvalue weighted by molar-refractivity contribution is 5.91. The topological polar surface area (TPSA) is 90.7 Å². The first kappa shape index (κ1) is 17.3. The predicted octanol–water partition coefficient (Wildman–Crippen LogP) is 3.40. The van der Waals surface area contributed by atoms with E-state index in [0.29, 0.717) is 18.0 Å². The Morgan fingerprint density at radius 1 is 1.04 bits per heavy atom. The van der Waals surface area contributed by atoms with E-state index in [4.69, 9.17) is 9.47 Å². The number of hydrogen-bond acceptors (Lipinski definition) is 5. The molecule has 0 saturated carbocycles. The number of nitro groups is 1. The molecule has 0 bridgehead atoms. The second-order valence-corrected chi connectivity index (χ2v) is 4.96. The van der Waals surface area contributed by atoms with Crippen molar-refractivity contribution < 1.29 is 19.2 Å². The van der Waals surface area contributed by atoms with Crippen LogP contribution in [0, 0.1) is 10.1 Å². The third kappa shape index (κ3) is 5.28. The molecule has 1 N–H and O–H groups in total. The van der Waals surface area contributed by atoms with Crippen molar-refractivity contribution in [1.29, 1.82) is 0 Å². The van der Waals surface area contributed by atoms with Crippen molar-refractivity contribution in [2.45, 2.75) is 13.3 Å². The van der Waals surface area contributed by atoms with Crippen LogP contribution in [0.15, 0.2) is 48.5 Å². The zero-order valence-electron chi connectivity index (χ0n) is 13.2. The largest absolute Gasteiger partial charge is 0.494 e. The van der Waals surface area contributed by atoms with Gasteiger partial charge in [0.15, 0.2) is 6.61 Å². The fourth-order valence-electron chi connectivity index (χ4n) is 1.86. The summed E-state index contributed by atoms with van der Waals surface area (Å²) < 4.78 is 10.8. The summed E-state index contributed by atoms with van der Waals surface area (Å²) in [5.74, 6) is 0.951. The molecule has 0 aliphatic heterocycles. The van der Waals surface area contributed by atoms with Crippen LogP contribution >= 0.6 is 0 Å². The van der Waals surface area contributed by atoms with Gasteiger partial charge in [-0.2, -0.15) is 0 Å². The smallest absolute Gasteiger partial charge is 0.269 e. The molecule has 0 atom stereocenters. The number of carbonyl (C=O) groups is 1. The lowest BCUT2D eigenvalue weighted by Crippen LogP contribution is -2.20. The average Bonchev–Trinajstić information content (AvgIpc) is 2.59. The first-order valence-electron chi connectivity index (χ1n) is 7.48. The van der Waals surface area contributed by atoms with Crippen LogP contribution in [0.5, 0.6) is 11.5 Å². The van der Waals surface area contributed by atoms with Gasteiger partial charge in [-0.1, -0.05) is 6.92 Å². The van der Waals surface area contributed by atoms with E-state index in [1.807, 2.05) is 6.92 Å². The molecule has 2 rings (SSSR count). The zero-order valence-corrected chi connectivity index (χ0v) is 13.2. The van der Waals surface area contributed by atoms with Crippen LogP contribution in [0.3, 0.4) is 0 Å². The Morgan fingerprint density at radius 3 is 2.17 bits per heavy atom. The lowest BCUT2D eigenvalue weighted by Gasteiger charge is -2.09. The number of hydrogen-bond donors (Lipinski definition) is 1. The molecule has 0 radical (unpaired) electrons. The summed E-state index contributed by atoms with van der Waals surface area (Å²) in [6.45, 7) is 2.52. The molecule has 126 valence electrons. The molecule has 0 unspecified atom stereocenters. The van der Waals surface area contributed by atoms with E-state index in [1.165, 1.54) is 24.3 Å². The van der Waals surface area contributed by atoms with Crippen LogP contribution in [-0.4, -0.2) is 24.0 Å². The van der Waals surface area contributed by atoms with E-state index in [9.17, 15) is 14.9 Å². The van der Waals surface area contributed by atoms with Gasteiger partial charge in [0.05, 0.1) is 11.5 Å². The van der Waals surface area contributed by atoms with Gasteiger partial charge in [0.2, 0.25) is 0 Å². The molecular weight excluding hydrogens is 312 g/mol. The van der Waals surface area contributed by atoms with Crippen LogP contribution in [0.1, 0.15) is 13.3 Å². The van der Waals surface area contributed by atoms with Crippen LogP contribution in [0.25, 0.3) is 0 Å². The zero-order chi connectivity index (χ0) is 17.4. The quantitative estimate of drug-likeness (QED) is 0.592. The number of ether oxygens (including phenoxy) is 2. The Morgan fingerprint density at radius 2 is 1.62 bits per heavy atom. The molecule has 2 aromatic carbocycles. The van der Waals surface area contributed by atoms with Gasteiger partial charge in [0, 0.05) is 17.8 Å². The van der Waals surface area contributed by atoms with Crippen molar-refractivity contribution in [3.05, 3.63) is 58.6 Å². The van der Waals surface area contributed by atoms with Gasteiger partial charge in [-0.3, -0.25) is 14.9 Å². The Bertz CT molecular complexity index is 683. The highest BCUT2D eigenvalue weighted by Gasteiger charge is 2.07. The first-order chi connectivity index (χ1) is 11.6. The van der Waals surface area contributed by atoms with Gasteiger partial charge >= 0.3 is 0 Å². The maximum Gasteiger partial charge on any atom is 0.269 e. The Hall–Kier alpha value is -3.09. The molecule has 1 amide bonds. The minimum absolute atomic E-state index is 0.0327. The second-order valence-electron chi connectivity index (χ2n) is 4.96. The summed E-state index contributed by atoms with van der Waals surface area (Å²) in [5, 5.41) is 13.2. The molecule has 0 aromatic heterocycles. The summed E-state index contributed by atoms with van der Waals surface area (Å²) in [4.78, 5) is 21.9. The van der Waals surface area contributed by atoms with Crippen molar-refractivity contribution in [2.24, 2.45) is 0 Å². The van der Waals surface area contributed by atoms with Crippen LogP contribution in [0.2, 0.25) is 0 Å². The molecule has 7 nitrogen and oxygen atoms in total. The maximum atomic E-state index is 11.8. The van der Waals surface area contributed by atoms with Gasteiger partial charge in [-0.05, 0) is 42.8 Å². The normalized spacial score (nSPS) is 10.0. The molecule has 0 spiro atoms. The number of anilines is 1. The van der Waals surface area contributed by atoms with Crippen molar-refractivity contribution in [2.75, 3.05) is 18.5 Å². The van der Waals surface area contributed by atoms with Crippen molar-refractivity contribution >= 4 is 17.3 Å². The number of benzene rings is 2. The molecule has 2 aromatic rings. The Labute approximate surface area is 139 Å². The summed E-state index contributed by atoms with van der Waals surface area (Å²) >= 11 is 0. The van der Waals surface area contributed by atoms with Gasteiger partial charge in [0.1, 0.15) is 11.5 Å². The second kappa shape index (κ2) is 8.52. The van der Waals surface area contributed by atoms with E-state index < -0.39 is 4.92 Å². The molecule has 24 heavy (non-hydrogen) atoms. The van der Waals surface area contributed by atoms with Crippen LogP contribution < -0.4 is 14.8 Å². The number of non-ortho nitro benzene ring substituents is 1. The molecule has 0 saturated heterocycles. The average molecular weight is 330 g/mol. The highest BCUT2D eigenvalue weighted by atomic mass is 16.6. The third-order valence-electron chi connectivity index (χ3n) is 3.03. The summed E-state index contributed by atoms with van der Waals surface area (Å²) in [7, 11) is 0. The summed E-state index contributed by atoms with van der Waals surface area (Å²) in [6, 6.07) is 12.6. The van der Waals surface area contributed by atoms with Gasteiger partial charge in [-0.15, -0.1) is 0 Å². The van der Waals surface area contributed by atoms with Crippen molar-refractivity contribution in [1.82, 2.24) is 0 Å². The van der Waals surface area contributed by atoms with Crippen LogP contribution in [0.4, 0.5) is 11.4 Å². The lowest BCUT2D eigenvalue weighted by atomic mass is 10.3. The molecule has 0 fully saturated rings. The molecule has 0 aliphatic carbocycles. The fraction of sp³-hybridized carbons (Fsp3) is 0.235. The summed E-state index contributed by atoms with van der Waals surface area (Å²) in [6.07, 6.45) is 0.932. The minimum Gasteiger partial charge on any atom is -0.494 e. The minimum atomic E-state index is -0.497. The number of amides is 1. The number of nitro benzene ring substituents is 1. The lowest BCUT2D eigenvalue weighted by molar-refractivity contribution is -0.384. The third-order valence-corrected chi connectivity index (χ3v) is 3.03. The van der Waals surface area contributed by atoms with Crippen molar-refractivity contribution in [3.63, 3.8) is 0 Å². The number of rotatable bonds is 8. The van der Waals surface area contributed by atoms with E-state index >= 15 is 0 Å². The fourth-order valence-corrected chi connectivity index (χ4v) is 1.86. The van der Waals surface area contributed by atoms with E-state index in [2.05, 4.69) is 5.32 Å². The number of carbonyl (C=O) groups excluding carboxylic acids is 1. The maximum absolute atomic E-state index is 11.8.